The highest BCUT2D eigenvalue weighted by Gasteiger charge is 2.22. The van der Waals surface area contributed by atoms with Gasteiger partial charge in [0.15, 0.2) is 0 Å². The van der Waals surface area contributed by atoms with Crippen LogP contribution in [0.3, 0.4) is 0 Å². The van der Waals surface area contributed by atoms with Crippen LogP contribution in [0.2, 0.25) is 5.02 Å². The van der Waals surface area contributed by atoms with Gasteiger partial charge in [-0.1, -0.05) is 23.7 Å². The lowest BCUT2D eigenvalue weighted by Crippen LogP contribution is -2.45. The van der Waals surface area contributed by atoms with Crippen LogP contribution in [-0.2, 0) is 13.0 Å². The van der Waals surface area contributed by atoms with Crippen LogP contribution < -0.4 is 9.80 Å². The highest BCUT2D eigenvalue weighted by molar-refractivity contribution is 6.33. The lowest BCUT2D eigenvalue weighted by Gasteiger charge is -2.34. The predicted octanol–water partition coefficient (Wildman–Crippen LogP) is 4.12. The Kier molecular flexibility index (Phi) is 5.74. The summed E-state index contributed by atoms with van der Waals surface area (Å²) in [5.74, 6) is 2.04. The number of anilines is 2. The zero-order valence-electron chi connectivity index (χ0n) is 19.0. The number of hydrogen-bond acceptors (Lipinski definition) is 6. The molecule has 32 heavy (non-hydrogen) atoms. The molecule has 0 aliphatic carbocycles. The molecule has 0 N–H and O–H groups in total. The predicted molar refractivity (Wildman–Crippen MR) is 131 cm³/mol. The van der Waals surface area contributed by atoms with Crippen molar-refractivity contribution in [2.24, 2.45) is 0 Å². The summed E-state index contributed by atoms with van der Waals surface area (Å²) < 4.78 is 0. The van der Waals surface area contributed by atoms with Gasteiger partial charge < -0.3 is 14.7 Å². The molecule has 7 heteroatoms. The first-order valence-electron chi connectivity index (χ1n) is 11.2. The number of aromatic nitrogens is 3. The minimum Gasteiger partial charge on any atom is -0.354 e. The zero-order valence-corrected chi connectivity index (χ0v) is 19.7. The van der Waals surface area contributed by atoms with Crippen molar-refractivity contribution in [1.82, 2.24) is 19.9 Å². The smallest absolute Gasteiger partial charge is 0.129 e. The molecule has 2 aliphatic rings. The SMILES string of the molecule is Cc1cnc(-c2cc(N3CCc4nc(N5CCN(C)CC5)ccc4C3)ncc2Cl)c(C)c1. The normalized spacial score (nSPS) is 16.9. The summed E-state index contributed by atoms with van der Waals surface area (Å²) in [6, 6.07) is 8.63. The fourth-order valence-electron chi connectivity index (χ4n) is 4.59. The van der Waals surface area contributed by atoms with Crippen molar-refractivity contribution in [2.45, 2.75) is 26.8 Å². The molecule has 5 rings (SSSR count). The number of aryl methyl sites for hydroxylation is 2. The third-order valence-corrected chi connectivity index (χ3v) is 6.80. The molecule has 3 aromatic heterocycles. The summed E-state index contributed by atoms with van der Waals surface area (Å²) in [4.78, 5) is 21.4. The van der Waals surface area contributed by atoms with E-state index in [1.165, 1.54) is 11.3 Å². The molecule has 3 aromatic rings. The Morgan fingerprint density at radius 3 is 2.47 bits per heavy atom. The molecule has 0 spiro atoms. The number of pyridine rings is 3. The molecule has 0 aromatic carbocycles. The molecule has 1 saturated heterocycles. The summed E-state index contributed by atoms with van der Waals surface area (Å²) in [6.07, 6.45) is 4.55. The van der Waals surface area contributed by atoms with Crippen molar-refractivity contribution in [3.63, 3.8) is 0 Å². The van der Waals surface area contributed by atoms with Gasteiger partial charge in [0.05, 0.1) is 10.7 Å². The Morgan fingerprint density at radius 1 is 0.875 bits per heavy atom. The third kappa shape index (κ3) is 4.17. The molecule has 1 fully saturated rings. The van der Waals surface area contributed by atoms with Crippen molar-refractivity contribution in [3.8, 4) is 11.3 Å². The van der Waals surface area contributed by atoms with E-state index in [9.17, 15) is 0 Å². The molecule has 166 valence electrons. The van der Waals surface area contributed by atoms with Crippen LogP contribution in [0.25, 0.3) is 11.3 Å². The van der Waals surface area contributed by atoms with Crippen molar-refractivity contribution < 1.29 is 0 Å². The monoisotopic (exact) mass is 448 g/mol. The van der Waals surface area contributed by atoms with Gasteiger partial charge in [-0.2, -0.15) is 0 Å². The number of halogens is 1. The van der Waals surface area contributed by atoms with E-state index >= 15 is 0 Å². The maximum Gasteiger partial charge on any atom is 0.129 e. The van der Waals surface area contributed by atoms with Crippen LogP contribution in [0.15, 0.2) is 36.7 Å². The van der Waals surface area contributed by atoms with E-state index in [4.69, 9.17) is 16.6 Å². The van der Waals surface area contributed by atoms with E-state index in [0.29, 0.717) is 5.02 Å². The highest BCUT2D eigenvalue weighted by Crippen LogP contribution is 2.33. The van der Waals surface area contributed by atoms with Crippen molar-refractivity contribution in [3.05, 3.63) is 64.1 Å². The minimum atomic E-state index is 0.629. The Labute approximate surface area is 194 Å². The standard InChI is InChI=1S/C25H29ClN6/c1-17-12-18(2)25(28-14-17)20-13-24(27-15-21(20)26)32-7-6-22-19(16-32)4-5-23(29-22)31-10-8-30(3)9-11-31/h4-5,12-15H,6-11,16H2,1-3H3. The van der Waals surface area contributed by atoms with Crippen molar-refractivity contribution >= 4 is 23.2 Å². The van der Waals surface area contributed by atoms with Crippen LogP contribution in [0, 0.1) is 13.8 Å². The second-order valence-corrected chi connectivity index (χ2v) is 9.34. The van der Waals surface area contributed by atoms with Gasteiger partial charge in [0.2, 0.25) is 0 Å². The fraction of sp³-hybridized carbons (Fsp3) is 0.400. The fourth-order valence-corrected chi connectivity index (χ4v) is 4.78. The lowest BCUT2D eigenvalue weighted by atomic mass is 10.0. The van der Waals surface area contributed by atoms with E-state index in [0.717, 1.165) is 79.7 Å². The summed E-state index contributed by atoms with van der Waals surface area (Å²) in [6.45, 7) is 10.1. The van der Waals surface area contributed by atoms with Gasteiger partial charge in [0.1, 0.15) is 11.6 Å². The van der Waals surface area contributed by atoms with Gasteiger partial charge in [-0.15, -0.1) is 0 Å². The Hall–Kier alpha value is -2.70. The summed E-state index contributed by atoms with van der Waals surface area (Å²) in [5.41, 5.74) is 6.60. The maximum atomic E-state index is 6.52. The number of piperazine rings is 1. The largest absolute Gasteiger partial charge is 0.354 e. The first-order chi connectivity index (χ1) is 15.5. The second-order valence-electron chi connectivity index (χ2n) is 8.94. The number of fused-ring (bicyclic) bond motifs is 1. The van der Waals surface area contributed by atoms with Crippen molar-refractivity contribution in [1.29, 1.82) is 0 Å². The van der Waals surface area contributed by atoms with E-state index in [-0.39, 0.29) is 0 Å². The average molecular weight is 449 g/mol. The number of likely N-dealkylation sites (N-methyl/N-ethyl adjacent to an activating group) is 1. The molecule has 5 heterocycles. The second kappa shape index (κ2) is 8.68. The quantitative estimate of drug-likeness (QED) is 0.600. The number of nitrogens with zero attached hydrogens (tertiary/aromatic N) is 6. The van der Waals surface area contributed by atoms with Gasteiger partial charge >= 0.3 is 0 Å². The first-order valence-corrected chi connectivity index (χ1v) is 11.6. The number of hydrogen-bond donors (Lipinski definition) is 0. The third-order valence-electron chi connectivity index (χ3n) is 6.50. The molecule has 0 atom stereocenters. The Bertz CT molecular complexity index is 1140. The highest BCUT2D eigenvalue weighted by atomic mass is 35.5. The van der Waals surface area contributed by atoms with Gasteiger partial charge in [-0.05, 0) is 49.7 Å². The van der Waals surface area contributed by atoms with Crippen LogP contribution >= 0.6 is 11.6 Å². The topological polar surface area (TPSA) is 48.4 Å². The number of rotatable bonds is 3. The molecule has 0 amide bonds. The van der Waals surface area contributed by atoms with Gasteiger partial charge in [0, 0.05) is 69.3 Å². The van der Waals surface area contributed by atoms with E-state index in [1.807, 2.05) is 6.20 Å². The van der Waals surface area contributed by atoms with Crippen LogP contribution in [0.5, 0.6) is 0 Å². The van der Waals surface area contributed by atoms with Crippen LogP contribution in [-0.4, -0.2) is 59.6 Å². The zero-order chi connectivity index (χ0) is 22.2. The molecule has 2 aliphatic heterocycles. The molecule has 0 radical (unpaired) electrons. The molecule has 0 unspecified atom stereocenters. The summed E-state index contributed by atoms with van der Waals surface area (Å²) >= 11 is 6.52. The van der Waals surface area contributed by atoms with Gasteiger partial charge in [-0.3, -0.25) is 4.98 Å². The molecular weight excluding hydrogens is 420 g/mol. The average Bonchev–Trinajstić information content (AvgIpc) is 2.80. The maximum absolute atomic E-state index is 6.52. The van der Waals surface area contributed by atoms with E-state index in [2.05, 4.69) is 69.8 Å². The molecule has 0 saturated carbocycles. The first kappa shape index (κ1) is 21.2. The molecular formula is C25H29ClN6. The minimum absolute atomic E-state index is 0.629. The van der Waals surface area contributed by atoms with Gasteiger partial charge in [-0.25, -0.2) is 9.97 Å². The lowest BCUT2D eigenvalue weighted by molar-refractivity contribution is 0.312. The van der Waals surface area contributed by atoms with E-state index < -0.39 is 0 Å². The van der Waals surface area contributed by atoms with E-state index in [1.54, 1.807) is 6.20 Å². The summed E-state index contributed by atoms with van der Waals surface area (Å²) in [5, 5.41) is 0.629. The summed E-state index contributed by atoms with van der Waals surface area (Å²) in [7, 11) is 2.18. The van der Waals surface area contributed by atoms with Crippen molar-refractivity contribution in [2.75, 3.05) is 49.6 Å². The Morgan fingerprint density at radius 2 is 1.69 bits per heavy atom. The molecule has 0 bridgehead atoms. The van der Waals surface area contributed by atoms with Crippen LogP contribution in [0.4, 0.5) is 11.6 Å². The van der Waals surface area contributed by atoms with Crippen LogP contribution in [0.1, 0.15) is 22.4 Å². The Balaban J connectivity index is 1.38. The molecule has 6 nitrogen and oxygen atoms in total. The van der Waals surface area contributed by atoms with Gasteiger partial charge in [0.25, 0.3) is 0 Å².